The van der Waals surface area contributed by atoms with Crippen molar-refractivity contribution >= 4 is 45.9 Å². The van der Waals surface area contributed by atoms with Gasteiger partial charge in [0.05, 0.1) is 16.2 Å². The molecule has 3 aromatic rings. The molecule has 1 unspecified atom stereocenters. The van der Waals surface area contributed by atoms with Crippen molar-refractivity contribution in [3.8, 4) is 0 Å². The third-order valence-corrected chi connectivity index (χ3v) is 5.37. The van der Waals surface area contributed by atoms with Crippen LogP contribution in [-0.2, 0) is 4.79 Å². The minimum Gasteiger partial charge on any atom is -0.353 e. The van der Waals surface area contributed by atoms with Gasteiger partial charge in [0, 0.05) is 25.7 Å². The Kier molecular flexibility index (Phi) is 5.50. The average Bonchev–Trinajstić information content (AvgIpc) is 2.76. The van der Waals surface area contributed by atoms with Crippen molar-refractivity contribution in [2.75, 3.05) is 29.9 Å². The maximum atomic E-state index is 14.3. The molecule has 1 amide bonds. The van der Waals surface area contributed by atoms with Crippen LogP contribution in [-0.4, -0.2) is 51.4 Å². The van der Waals surface area contributed by atoms with Gasteiger partial charge in [-0.2, -0.15) is 0 Å². The van der Waals surface area contributed by atoms with Gasteiger partial charge in [0.25, 0.3) is 0 Å². The number of hydrogen-bond donors (Lipinski definition) is 1. The Balaban J connectivity index is 1.64. The third-order valence-electron chi connectivity index (χ3n) is 5.08. The molecule has 1 N–H and O–H groups in total. The summed E-state index contributed by atoms with van der Waals surface area (Å²) in [6.45, 7) is 7.41. The molecular weight excluding hydrogens is 407 g/mol. The number of fused-ring (bicyclic) bond motifs is 1. The van der Waals surface area contributed by atoms with E-state index in [4.69, 9.17) is 16.6 Å². The molecule has 9 heteroatoms. The number of hydrogen-bond acceptors (Lipinski definition) is 6. The molecule has 4 rings (SSSR count). The van der Waals surface area contributed by atoms with Gasteiger partial charge >= 0.3 is 0 Å². The van der Waals surface area contributed by atoms with Crippen LogP contribution in [0.2, 0.25) is 5.02 Å². The first-order valence-corrected chi connectivity index (χ1v) is 9.86. The number of anilines is 3. The highest BCUT2D eigenvalue weighted by Crippen LogP contribution is 2.28. The number of carbonyl (C=O) groups is 1. The molecular formula is C21H20ClFN6O. The summed E-state index contributed by atoms with van der Waals surface area (Å²) >= 11 is 5.88. The molecule has 0 spiro atoms. The Morgan fingerprint density at radius 2 is 2.13 bits per heavy atom. The Morgan fingerprint density at radius 1 is 1.30 bits per heavy atom. The van der Waals surface area contributed by atoms with E-state index in [2.05, 4.69) is 26.8 Å². The normalized spacial score (nSPS) is 16.6. The lowest BCUT2D eigenvalue weighted by atomic mass is 10.2. The number of halogens is 2. The third kappa shape index (κ3) is 3.78. The van der Waals surface area contributed by atoms with Gasteiger partial charge in [0.2, 0.25) is 5.91 Å². The van der Waals surface area contributed by atoms with Crippen LogP contribution in [0.15, 0.2) is 49.3 Å². The van der Waals surface area contributed by atoms with E-state index < -0.39 is 5.82 Å². The zero-order chi connectivity index (χ0) is 21.3. The molecule has 3 heterocycles. The van der Waals surface area contributed by atoms with E-state index in [9.17, 15) is 9.18 Å². The van der Waals surface area contributed by atoms with Crippen molar-refractivity contribution in [1.29, 1.82) is 0 Å². The van der Waals surface area contributed by atoms with Crippen molar-refractivity contribution in [2.24, 2.45) is 0 Å². The van der Waals surface area contributed by atoms with Crippen molar-refractivity contribution < 1.29 is 9.18 Å². The number of piperazine rings is 1. The zero-order valence-corrected chi connectivity index (χ0v) is 17.1. The standard InChI is InChI=1S/C21H20ClFN6O/c1-3-18(30)29-10-9-28(11-13(29)2)17-8-7-16-20(27-17)21(25-12-24-16)26-15-6-4-5-14(22)19(15)23/h3-8,12-13H,1,9-11H2,2H3,(H,24,25,26). The summed E-state index contributed by atoms with van der Waals surface area (Å²) in [6.07, 6.45) is 2.74. The quantitative estimate of drug-likeness (QED) is 0.640. The number of amides is 1. The number of pyridine rings is 1. The molecule has 0 radical (unpaired) electrons. The largest absolute Gasteiger partial charge is 0.353 e. The molecule has 0 bridgehead atoms. The molecule has 1 aromatic carbocycles. The van der Waals surface area contributed by atoms with Crippen LogP contribution in [0, 0.1) is 5.82 Å². The Morgan fingerprint density at radius 3 is 2.90 bits per heavy atom. The van der Waals surface area contributed by atoms with Gasteiger partial charge in [-0.25, -0.2) is 19.3 Å². The first-order chi connectivity index (χ1) is 14.5. The van der Waals surface area contributed by atoms with Gasteiger partial charge in [-0.3, -0.25) is 4.79 Å². The molecule has 0 saturated carbocycles. The van der Waals surface area contributed by atoms with Gasteiger partial charge in [-0.15, -0.1) is 0 Å². The van der Waals surface area contributed by atoms with Gasteiger partial charge < -0.3 is 15.1 Å². The molecule has 1 saturated heterocycles. The molecule has 154 valence electrons. The maximum Gasteiger partial charge on any atom is 0.246 e. The lowest BCUT2D eigenvalue weighted by molar-refractivity contribution is -0.128. The van der Waals surface area contributed by atoms with Gasteiger partial charge in [-0.1, -0.05) is 24.2 Å². The van der Waals surface area contributed by atoms with Crippen LogP contribution >= 0.6 is 11.6 Å². The van der Waals surface area contributed by atoms with E-state index in [-0.39, 0.29) is 22.7 Å². The second-order valence-electron chi connectivity index (χ2n) is 7.02. The fraction of sp³-hybridized carbons (Fsp3) is 0.238. The fourth-order valence-corrected chi connectivity index (χ4v) is 3.71. The van der Waals surface area contributed by atoms with E-state index in [0.29, 0.717) is 36.5 Å². The minimum atomic E-state index is -0.557. The number of carbonyl (C=O) groups excluding carboxylic acids is 1. The van der Waals surface area contributed by atoms with Crippen LogP contribution in [0.1, 0.15) is 6.92 Å². The van der Waals surface area contributed by atoms with Gasteiger partial charge in [0.1, 0.15) is 17.7 Å². The number of aromatic nitrogens is 3. The molecule has 1 fully saturated rings. The van der Waals surface area contributed by atoms with Crippen molar-refractivity contribution in [1.82, 2.24) is 19.9 Å². The van der Waals surface area contributed by atoms with E-state index in [0.717, 1.165) is 5.82 Å². The number of nitrogens with one attached hydrogen (secondary N) is 1. The summed E-state index contributed by atoms with van der Waals surface area (Å²) in [6, 6.07) is 8.47. The molecule has 1 aliphatic rings. The predicted molar refractivity (Wildman–Crippen MR) is 116 cm³/mol. The first kappa shape index (κ1) is 20.0. The van der Waals surface area contributed by atoms with Crippen LogP contribution < -0.4 is 10.2 Å². The second kappa shape index (κ2) is 8.23. The van der Waals surface area contributed by atoms with Crippen LogP contribution in [0.3, 0.4) is 0 Å². The van der Waals surface area contributed by atoms with E-state index >= 15 is 0 Å². The molecule has 30 heavy (non-hydrogen) atoms. The lowest BCUT2D eigenvalue weighted by Gasteiger charge is -2.40. The molecule has 2 aromatic heterocycles. The summed E-state index contributed by atoms with van der Waals surface area (Å²) in [5.41, 5.74) is 1.36. The summed E-state index contributed by atoms with van der Waals surface area (Å²) in [5, 5.41) is 2.99. The lowest BCUT2D eigenvalue weighted by Crippen LogP contribution is -2.53. The van der Waals surface area contributed by atoms with Gasteiger partial charge in [0.15, 0.2) is 11.6 Å². The highest BCUT2D eigenvalue weighted by Gasteiger charge is 2.27. The Bertz CT molecular complexity index is 1120. The summed E-state index contributed by atoms with van der Waals surface area (Å²) in [5.74, 6) is 0.497. The highest BCUT2D eigenvalue weighted by molar-refractivity contribution is 6.31. The number of benzene rings is 1. The molecule has 1 atom stereocenters. The molecule has 7 nitrogen and oxygen atoms in total. The van der Waals surface area contributed by atoms with Crippen LogP contribution in [0.25, 0.3) is 11.0 Å². The second-order valence-corrected chi connectivity index (χ2v) is 7.42. The van der Waals surface area contributed by atoms with Crippen molar-refractivity contribution in [2.45, 2.75) is 13.0 Å². The smallest absolute Gasteiger partial charge is 0.246 e. The maximum absolute atomic E-state index is 14.3. The van der Waals surface area contributed by atoms with Gasteiger partial charge in [-0.05, 0) is 37.3 Å². The number of nitrogens with zero attached hydrogens (tertiary/aromatic N) is 5. The highest BCUT2D eigenvalue weighted by atomic mass is 35.5. The van der Waals surface area contributed by atoms with E-state index in [1.165, 1.54) is 18.5 Å². The average molecular weight is 427 g/mol. The Labute approximate surface area is 178 Å². The van der Waals surface area contributed by atoms with E-state index in [1.54, 1.807) is 17.0 Å². The monoisotopic (exact) mass is 426 g/mol. The zero-order valence-electron chi connectivity index (χ0n) is 16.3. The summed E-state index contributed by atoms with van der Waals surface area (Å²) in [4.78, 5) is 29.1. The molecule has 1 aliphatic heterocycles. The first-order valence-electron chi connectivity index (χ1n) is 9.48. The predicted octanol–water partition coefficient (Wildman–Crippen LogP) is 3.78. The van der Waals surface area contributed by atoms with Crippen LogP contribution in [0.4, 0.5) is 21.7 Å². The summed E-state index contributed by atoms with van der Waals surface area (Å²) in [7, 11) is 0. The van der Waals surface area contributed by atoms with Crippen molar-refractivity contribution in [3.05, 3.63) is 60.2 Å². The molecule has 0 aliphatic carbocycles. The minimum absolute atomic E-state index is 0.0203. The van der Waals surface area contributed by atoms with Crippen LogP contribution in [0.5, 0.6) is 0 Å². The fourth-order valence-electron chi connectivity index (χ4n) is 3.54. The summed E-state index contributed by atoms with van der Waals surface area (Å²) < 4.78 is 14.3. The topological polar surface area (TPSA) is 74.2 Å². The SMILES string of the molecule is C=CC(=O)N1CCN(c2ccc3ncnc(Nc4cccc(Cl)c4F)c3n2)CC1C. The number of rotatable bonds is 4. The Hall–Kier alpha value is -3.26. The van der Waals surface area contributed by atoms with E-state index in [1.807, 2.05) is 19.1 Å². The van der Waals surface area contributed by atoms with Crippen molar-refractivity contribution in [3.63, 3.8) is 0 Å².